The molecule has 0 atom stereocenters. The number of carbonyl (C=O) groups is 1. The molecule has 0 spiro atoms. The maximum atomic E-state index is 11.3. The summed E-state index contributed by atoms with van der Waals surface area (Å²) in [5.41, 5.74) is 5.79. The topological polar surface area (TPSA) is 69.4 Å². The lowest BCUT2D eigenvalue weighted by atomic mass is 9.96. The van der Waals surface area contributed by atoms with Crippen molar-refractivity contribution >= 4 is 17.7 Å². The maximum Gasteiger partial charge on any atom is 0.302 e. The molecule has 5 nitrogen and oxygen atoms in total. The zero-order valence-corrected chi connectivity index (χ0v) is 17.1. The molecule has 0 heterocycles. The number of hydrogen-bond acceptors (Lipinski definition) is 4. The Labute approximate surface area is 161 Å². The van der Waals surface area contributed by atoms with Gasteiger partial charge in [0, 0.05) is 18.1 Å². The first kappa shape index (κ1) is 22.4. The number of carbonyl (C=O) groups excluding carboxylic acids is 1. The van der Waals surface area contributed by atoms with Gasteiger partial charge in [-0.2, -0.15) is 0 Å². The average molecular weight is 371 g/mol. The molecule has 0 N–H and O–H groups in total. The van der Waals surface area contributed by atoms with Crippen LogP contribution in [0, 0.1) is 30.9 Å². The molecular weight excluding hydrogens is 342 g/mol. The van der Waals surface area contributed by atoms with E-state index >= 15 is 0 Å². The van der Waals surface area contributed by atoms with Gasteiger partial charge in [0.05, 0.1) is 4.92 Å². The maximum absolute atomic E-state index is 11.3. The number of nitro benzene ring substituents is 1. The number of benzene rings is 1. The van der Waals surface area contributed by atoms with Crippen LogP contribution in [-0.2, 0) is 9.53 Å². The second-order valence-corrected chi connectivity index (χ2v) is 6.83. The van der Waals surface area contributed by atoms with Gasteiger partial charge in [0.25, 0.3) is 5.69 Å². The Kier molecular flexibility index (Phi) is 8.66. The molecule has 0 aromatic heterocycles. The highest BCUT2D eigenvalue weighted by molar-refractivity contribution is 5.67. The number of hydrogen-bond donors (Lipinski definition) is 0. The van der Waals surface area contributed by atoms with Crippen molar-refractivity contribution in [3.8, 4) is 0 Å². The molecule has 0 aliphatic rings. The fourth-order valence-electron chi connectivity index (χ4n) is 2.94. The van der Waals surface area contributed by atoms with Gasteiger partial charge in [-0.05, 0) is 70.7 Å². The van der Waals surface area contributed by atoms with Gasteiger partial charge in [-0.1, -0.05) is 29.4 Å². The molecule has 1 aromatic rings. The molecule has 146 valence electrons. The van der Waals surface area contributed by atoms with E-state index in [1.54, 1.807) is 13.8 Å². The van der Waals surface area contributed by atoms with Crippen LogP contribution in [0.25, 0.3) is 6.08 Å². The fourth-order valence-corrected chi connectivity index (χ4v) is 2.94. The van der Waals surface area contributed by atoms with Crippen molar-refractivity contribution in [2.24, 2.45) is 0 Å². The van der Waals surface area contributed by atoms with E-state index in [1.165, 1.54) is 12.5 Å². The summed E-state index contributed by atoms with van der Waals surface area (Å²) in [6.07, 6.45) is 9.76. The highest BCUT2D eigenvalue weighted by Crippen LogP contribution is 2.29. The van der Waals surface area contributed by atoms with Crippen molar-refractivity contribution in [1.29, 1.82) is 0 Å². The van der Waals surface area contributed by atoms with Crippen LogP contribution in [0.4, 0.5) is 5.69 Å². The van der Waals surface area contributed by atoms with Crippen molar-refractivity contribution in [3.63, 3.8) is 0 Å². The first-order valence-corrected chi connectivity index (χ1v) is 9.02. The van der Waals surface area contributed by atoms with Crippen molar-refractivity contribution < 1.29 is 14.5 Å². The molecule has 1 rings (SSSR count). The van der Waals surface area contributed by atoms with Gasteiger partial charge in [0.1, 0.15) is 6.61 Å². The summed E-state index contributed by atoms with van der Waals surface area (Å²) in [5.74, 6) is -0.276. The van der Waals surface area contributed by atoms with E-state index in [0.29, 0.717) is 17.7 Å². The van der Waals surface area contributed by atoms with Gasteiger partial charge in [-0.15, -0.1) is 0 Å². The second-order valence-electron chi connectivity index (χ2n) is 6.83. The van der Waals surface area contributed by atoms with Gasteiger partial charge in [-0.25, -0.2) is 0 Å². The number of aryl methyl sites for hydroxylation is 2. The van der Waals surface area contributed by atoms with E-state index in [4.69, 9.17) is 4.74 Å². The summed E-state index contributed by atoms with van der Waals surface area (Å²) in [6.45, 7) is 11.3. The third kappa shape index (κ3) is 7.21. The van der Waals surface area contributed by atoms with E-state index in [2.05, 4.69) is 6.08 Å². The monoisotopic (exact) mass is 371 g/mol. The van der Waals surface area contributed by atoms with Crippen LogP contribution >= 0.6 is 0 Å². The van der Waals surface area contributed by atoms with Gasteiger partial charge in [0.15, 0.2) is 0 Å². The van der Waals surface area contributed by atoms with Crippen LogP contribution in [0.3, 0.4) is 0 Å². The van der Waals surface area contributed by atoms with Crippen LogP contribution in [0.15, 0.2) is 35.4 Å². The predicted octanol–water partition coefficient (Wildman–Crippen LogP) is 5.77. The molecule has 0 radical (unpaired) electrons. The standard InChI is InChI=1S/C22H29NO4/c1-15(8-7-9-16(2)12-13-27-20(6)24)10-11-21-17(3)14-18(4)22(19(21)5)23(25)26/h8,10-12,14H,7,9,13H2,1-6H3/b11-10+,15-8+,16-12+. The van der Waals surface area contributed by atoms with E-state index in [9.17, 15) is 14.9 Å². The first-order valence-electron chi connectivity index (χ1n) is 9.02. The Morgan fingerprint density at radius 2 is 1.81 bits per heavy atom. The van der Waals surface area contributed by atoms with Crippen molar-refractivity contribution in [2.75, 3.05) is 6.61 Å². The molecule has 0 saturated heterocycles. The Hall–Kier alpha value is -2.69. The largest absolute Gasteiger partial charge is 0.462 e. The minimum atomic E-state index is -0.310. The number of nitro groups is 1. The molecule has 0 bridgehead atoms. The number of nitrogens with zero attached hydrogens (tertiary/aromatic N) is 1. The minimum Gasteiger partial charge on any atom is -0.462 e. The van der Waals surface area contributed by atoms with Gasteiger partial charge >= 0.3 is 5.97 Å². The summed E-state index contributed by atoms with van der Waals surface area (Å²) < 4.78 is 4.89. The average Bonchev–Trinajstić information content (AvgIpc) is 2.53. The molecule has 1 aromatic carbocycles. The van der Waals surface area contributed by atoms with Gasteiger partial charge in [0.2, 0.25) is 0 Å². The number of esters is 1. The van der Waals surface area contributed by atoms with E-state index < -0.39 is 0 Å². The molecule has 5 heteroatoms. The van der Waals surface area contributed by atoms with Crippen LogP contribution in [0.5, 0.6) is 0 Å². The van der Waals surface area contributed by atoms with Gasteiger partial charge in [-0.3, -0.25) is 14.9 Å². The highest BCUT2D eigenvalue weighted by Gasteiger charge is 2.18. The zero-order chi connectivity index (χ0) is 20.6. The van der Waals surface area contributed by atoms with E-state index in [1.807, 2.05) is 45.1 Å². The lowest BCUT2D eigenvalue weighted by molar-refractivity contribution is -0.386. The molecule has 0 aliphatic heterocycles. The van der Waals surface area contributed by atoms with Crippen LogP contribution in [0.1, 0.15) is 55.9 Å². The molecule has 27 heavy (non-hydrogen) atoms. The Morgan fingerprint density at radius 1 is 1.15 bits per heavy atom. The molecule has 0 saturated carbocycles. The third-order valence-electron chi connectivity index (χ3n) is 4.41. The van der Waals surface area contributed by atoms with Gasteiger partial charge < -0.3 is 4.74 Å². The van der Waals surface area contributed by atoms with Crippen molar-refractivity contribution in [2.45, 2.75) is 54.4 Å². The van der Waals surface area contributed by atoms with E-state index in [0.717, 1.165) is 29.5 Å². The minimum absolute atomic E-state index is 0.190. The SMILES string of the molecule is CC(=O)OC/C=C(\C)CC/C=C(C)/C=C/c1c(C)cc(C)c([N+](=O)[O-])c1C. The normalized spacial score (nSPS) is 12.5. The molecule has 0 fully saturated rings. The summed E-state index contributed by atoms with van der Waals surface area (Å²) in [5, 5.41) is 11.3. The highest BCUT2D eigenvalue weighted by atomic mass is 16.6. The molecule has 0 unspecified atom stereocenters. The van der Waals surface area contributed by atoms with Crippen LogP contribution in [0.2, 0.25) is 0 Å². The third-order valence-corrected chi connectivity index (χ3v) is 4.41. The van der Waals surface area contributed by atoms with Crippen molar-refractivity contribution in [3.05, 3.63) is 67.8 Å². The molecular formula is C22H29NO4. The quantitative estimate of drug-likeness (QED) is 0.191. The van der Waals surface area contributed by atoms with Crippen LogP contribution < -0.4 is 0 Å². The summed E-state index contributed by atoms with van der Waals surface area (Å²) in [6, 6.07) is 1.86. The second kappa shape index (κ2) is 10.5. The Morgan fingerprint density at radius 3 is 2.41 bits per heavy atom. The molecule has 0 amide bonds. The Balaban J connectivity index is 2.80. The van der Waals surface area contributed by atoms with Crippen LogP contribution in [-0.4, -0.2) is 17.5 Å². The Bertz CT molecular complexity index is 801. The first-order chi connectivity index (χ1) is 12.6. The summed E-state index contributed by atoms with van der Waals surface area (Å²) >= 11 is 0. The lowest BCUT2D eigenvalue weighted by Gasteiger charge is -2.09. The van der Waals surface area contributed by atoms with Crippen molar-refractivity contribution in [1.82, 2.24) is 0 Å². The number of rotatable bonds is 8. The summed E-state index contributed by atoms with van der Waals surface area (Å²) in [4.78, 5) is 21.7. The number of ether oxygens (including phenoxy) is 1. The van der Waals surface area contributed by atoms with E-state index in [-0.39, 0.29) is 16.6 Å². The summed E-state index contributed by atoms with van der Waals surface area (Å²) in [7, 11) is 0. The fraction of sp³-hybridized carbons (Fsp3) is 0.409. The zero-order valence-electron chi connectivity index (χ0n) is 17.1. The number of allylic oxidation sites excluding steroid dienone is 4. The molecule has 0 aliphatic carbocycles. The smallest absolute Gasteiger partial charge is 0.302 e. The lowest BCUT2D eigenvalue weighted by Crippen LogP contribution is -1.99. The predicted molar refractivity (Wildman–Crippen MR) is 110 cm³/mol.